The minimum absolute atomic E-state index is 1.25. The third-order valence-corrected chi connectivity index (χ3v) is 3.78. The maximum atomic E-state index is 2.45. The minimum atomic E-state index is 1.25. The van der Waals surface area contributed by atoms with Crippen molar-refractivity contribution >= 4 is 0 Å². The highest BCUT2D eigenvalue weighted by Crippen LogP contribution is 2.29. The van der Waals surface area contributed by atoms with E-state index in [0.717, 1.165) is 0 Å². The van der Waals surface area contributed by atoms with Crippen LogP contribution in [0, 0.1) is 13.8 Å². The van der Waals surface area contributed by atoms with Crippen LogP contribution in [0.4, 0.5) is 0 Å². The third kappa shape index (κ3) is 1.95. The molecule has 1 aliphatic carbocycles. The Morgan fingerprint density at radius 3 is 2.60 bits per heavy atom. The lowest BCUT2D eigenvalue weighted by molar-refractivity contribution is 0.678. The Bertz CT molecular complexity index is 361. The van der Waals surface area contributed by atoms with E-state index in [-0.39, 0.29) is 0 Å². The molecule has 0 heterocycles. The van der Waals surface area contributed by atoms with Gasteiger partial charge in [0.15, 0.2) is 0 Å². The van der Waals surface area contributed by atoms with Gasteiger partial charge in [-0.2, -0.15) is 0 Å². The van der Waals surface area contributed by atoms with Gasteiger partial charge in [0.2, 0.25) is 0 Å². The normalized spacial score (nSPS) is 15.1. The van der Waals surface area contributed by atoms with E-state index in [9.17, 15) is 0 Å². The third-order valence-electron chi connectivity index (χ3n) is 3.78. The van der Waals surface area contributed by atoms with Crippen molar-refractivity contribution in [3.05, 3.63) is 33.9 Å². The molecule has 15 heavy (non-hydrogen) atoms. The van der Waals surface area contributed by atoms with E-state index >= 15 is 0 Å². The van der Waals surface area contributed by atoms with Crippen LogP contribution in [-0.2, 0) is 19.3 Å². The number of aryl methyl sites for hydroxylation is 2. The van der Waals surface area contributed by atoms with E-state index in [1.165, 1.54) is 44.1 Å². The molecule has 0 spiro atoms. The lowest BCUT2D eigenvalue weighted by Crippen LogP contribution is -2.08. The molecule has 0 atom stereocenters. The summed E-state index contributed by atoms with van der Waals surface area (Å²) in [6.07, 6.45) is 7.93. The second-order valence-electron chi connectivity index (χ2n) is 4.89. The van der Waals surface area contributed by atoms with E-state index in [1.807, 2.05) is 0 Å². The first-order chi connectivity index (χ1) is 7.24. The Morgan fingerprint density at radius 2 is 1.87 bits per heavy atom. The van der Waals surface area contributed by atoms with Crippen molar-refractivity contribution in [1.82, 2.24) is 0 Å². The van der Waals surface area contributed by atoms with E-state index < -0.39 is 0 Å². The summed E-state index contributed by atoms with van der Waals surface area (Å²) in [5.74, 6) is 0. The number of hydrogen-bond donors (Lipinski definition) is 0. The standard InChI is InChI=1S/C15H22/c1-4-7-14-11(2)10-13-8-5-6-9-15(13)12(14)3/h10H,4-9H2,1-3H3. The average molecular weight is 202 g/mol. The largest absolute Gasteiger partial charge is 0.0651 e. The Labute approximate surface area is 93.7 Å². The predicted octanol–water partition coefficient (Wildman–Crippen LogP) is 4.13. The van der Waals surface area contributed by atoms with Gasteiger partial charge in [-0.15, -0.1) is 0 Å². The molecule has 2 rings (SSSR count). The van der Waals surface area contributed by atoms with Gasteiger partial charge in [-0.3, -0.25) is 0 Å². The zero-order valence-corrected chi connectivity index (χ0v) is 10.3. The van der Waals surface area contributed by atoms with Crippen molar-refractivity contribution in [2.75, 3.05) is 0 Å². The number of fused-ring (bicyclic) bond motifs is 1. The van der Waals surface area contributed by atoms with E-state index in [2.05, 4.69) is 26.8 Å². The second-order valence-corrected chi connectivity index (χ2v) is 4.89. The van der Waals surface area contributed by atoms with Gasteiger partial charge in [0, 0.05) is 0 Å². The molecule has 0 radical (unpaired) electrons. The minimum Gasteiger partial charge on any atom is -0.0651 e. The molecule has 1 aliphatic rings. The summed E-state index contributed by atoms with van der Waals surface area (Å²) < 4.78 is 0. The summed E-state index contributed by atoms with van der Waals surface area (Å²) in [6.45, 7) is 6.90. The monoisotopic (exact) mass is 202 g/mol. The van der Waals surface area contributed by atoms with Gasteiger partial charge in [-0.25, -0.2) is 0 Å². The molecular formula is C15H22. The fourth-order valence-electron chi connectivity index (χ4n) is 2.98. The maximum Gasteiger partial charge on any atom is -0.0273 e. The first-order valence-corrected chi connectivity index (χ1v) is 6.35. The molecule has 0 bridgehead atoms. The van der Waals surface area contributed by atoms with Gasteiger partial charge in [0.25, 0.3) is 0 Å². The van der Waals surface area contributed by atoms with E-state index in [1.54, 1.807) is 22.3 Å². The second kappa shape index (κ2) is 4.38. The first-order valence-electron chi connectivity index (χ1n) is 6.35. The first kappa shape index (κ1) is 10.7. The molecule has 1 aromatic carbocycles. The summed E-state index contributed by atoms with van der Waals surface area (Å²) >= 11 is 0. The summed E-state index contributed by atoms with van der Waals surface area (Å²) in [5, 5.41) is 0. The van der Waals surface area contributed by atoms with Crippen LogP contribution in [0.25, 0.3) is 0 Å². The van der Waals surface area contributed by atoms with Crippen LogP contribution in [0.1, 0.15) is 54.0 Å². The molecule has 0 N–H and O–H groups in total. The molecule has 82 valence electrons. The van der Waals surface area contributed by atoms with Crippen molar-refractivity contribution < 1.29 is 0 Å². The van der Waals surface area contributed by atoms with Crippen LogP contribution >= 0.6 is 0 Å². The highest BCUT2D eigenvalue weighted by Gasteiger charge is 2.15. The Balaban J connectivity index is 2.49. The average Bonchev–Trinajstić information content (AvgIpc) is 2.24. The van der Waals surface area contributed by atoms with Gasteiger partial charge in [-0.05, 0) is 73.8 Å². The van der Waals surface area contributed by atoms with E-state index in [0.29, 0.717) is 0 Å². The maximum absolute atomic E-state index is 2.45. The lowest BCUT2D eigenvalue weighted by Gasteiger charge is -2.22. The summed E-state index contributed by atoms with van der Waals surface area (Å²) in [4.78, 5) is 0. The molecule has 0 aromatic heterocycles. The smallest absolute Gasteiger partial charge is 0.0273 e. The highest BCUT2D eigenvalue weighted by molar-refractivity contribution is 5.46. The summed E-state index contributed by atoms with van der Waals surface area (Å²) in [5.41, 5.74) is 8.06. The summed E-state index contributed by atoms with van der Waals surface area (Å²) in [7, 11) is 0. The quantitative estimate of drug-likeness (QED) is 0.676. The summed E-state index contributed by atoms with van der Waals surface area (Å²) in [6, 6.07) is 2.45. The molecule has 1 aromatic rings. The van der Waals surface area contributed by atoms with Crippen LogP contribution in [0.3, 0.4) is 0 Å². The zero-order chi connectivity index (χ0) is 10.8. The molecule has 0 saturated heterocycles. The van der Waals surface area contributed by atoms with Crippen molar-refractivity contribution in [2.45, 2.75) is 59.3 Å². The van der Waals surface area contributed by atoms with E-state index in [4.69, 9.17) is 0 Å². The van der Waals surface area contributed by atoms with Gasteiger partial charge < -0.3 is 0 Å². The van der Waals surface area contributed by atoms with Gasteiger partial charge in [0.05, 0.1) is 0 Å². The lowest BCUT2D eigenvalue weighted by atomic mass is 9.83. The highest BCUT2D eigenvalue weighted by atomic mass is 14.2. The van der Waals surface area contributed by atoms with Crippen LogP contribution in [0.2, 0.25) is 0 Å². The molecule has 0 saturated carbocycles. The SMILES string of the molecule is CCCc1c(C)cc2c(c1C)CCCC2. The Kier molecular flexibility index (Phi) is 3.14. The van der Waals surface area contributed by atoms with Crippen molar-refractivity contribution in [3.8, 4) is 0 Å². The Hall–Kier alpha value is -0.780. The molecule has 0 aliphatic heterocycles. The molecule has 0 heteroatoms. The fourth-order valence-corrected chi connectivity index (χ4v) is 2.98. The molecule has 0 fully saturated rings. The topological polar surface area (TPSA) is 0 Å². The predicted molar refractivity (Wildman–Crippen MR) is 66.6 cm³/mol. The van der Waals surface area contributed by atoms with Gasteiger partial charge in [0.1, 0.15) is 0 Å². The van der Waals surface area contributed by atoms with Crippen LogP contribution in [0.5, 0.6) is 0 Å². The van der Waals surface area contributed by atoms with Crippen LogP contribution in [-0.4, -0.2) is 0 Å². The van der Waals surface area contributed by atoms with Gasteiger partial charge in [-0.1, -0.05) is 19.4 Å². The zero-order valence-electron chi connectivity index (χ0n) is 10.3. The van der Waals surface area contributed by atoms with Gasteiger partial charge >= 0.3 is 0 Å². The van der Waals surface area contributed by atoms with Crippen LogP contribution in [0.15, 0.2) is 6.07 Å². The van der Waals surface area contributed by atoms with Crippen LogP contribution < -0.4 is 0 Å². The van der Waals surface area contributed by atoms with Crippen molar-refractivity contribution in [3.63, 3.8) is 0 Å². The van der Waals surface area contributed by atoms with Crippen molar-refractivity contribution in [2.24, 2.45) is 0 Å². The molecule has 0 unspecified atom stereocenters. The Morgan fingerprint density at radius 1 is 1.13 bits per heavy atom. The molecule has 0 amide bonds. The number of hydrogen-bond acceptors (Lipinski definition) is 0. The van der Waals surface area contributed by atoms with Crippen molar-refractivity contribution in [1.29, 1.82) is 0 Å². The molecular weight excluding hydrogens is 180 g/mol. The molecule has 0 nitrogen and oxygen atoms in total. The number of benzene rings is 1. The fraction of sp³-hybridized carbons (Fsp3) is 0.600. The number of rotatable bonds is 2.